The second kappa shape index (κ2) is 3.90. The summed E-state index contributed by atoms with van der Waals surface area (Å²) >= 11 is 0. The van der Waals surface area contributed by atoms with Crippen molar-refractivity contribution in [3.05, 3.63) is 17.7 Å². The highest BCUT2D eigenvalue weighted by Gasteiger charge is 2.20. The Morgan fingerprint density at radius 3 is 2.69 bits per heavy atom. The summed E-state index contributed by atoms with van der Waals surface area (Å²) in [6.07, 6.45) is 0.0395. The molecule has 1 aromatic rings. The molecule has 0 radical (unpaired) electrons. The highest BCUT2D eigenvalue weighted by Crippen LogP contribution is 2.37. The number of nitrogens with two attached hydrogens (primary N) is 1. The van der Waals surface area contributed by atoms with Crippen molar-refractivity contribution in [3.63, 3.8) is 0 Å². The Morgan fingerprint density at radius 2 is 2.06 bits per heavy atom. The Hall–Kier alpha value is -1.95. The number of carbonyl (C=O) groups is 1. The van der Waals surface area contributed by atoms with Crippen molar-refractivity contribution < 1.29 is 24.5 Å². The number of aromatic hydroxyl groups is 1. The Kier molecular flexibility index (Phi) is 2.57. The summed E-state index contributed by atoms with van der Waals surface area (Å²) in [6, 6.07) is 1.89. The zero-order valence-electron chi connectivity index (χ0n) is 8.34. The third kappa shape index (κ3) is 1.87. The first kappa shape index (κ1) is 10.6. The van der Waals surface area contributed by atoms with Gasteiger partial charge in [0.05, 0.1) is 0 Å². The third-order valence-corrected chi connectivity index (χ3v) is 2.33. The number of hydrogen-bond acceptors (Lipinski definition) is 5. The van der Waals surface area contributed by atoms with Crippen LogP contribution in [0.5, 0.6) is 17.2 Å². The van der Waals surface area contributed by atoms with E-state index in [-0.39, 0.29) is 19.0 Å². The van der Waals surface area contributed by atoms with Gasteiger partial charge in [-0.1, -0.05) is 0 Å². The number of aliphatic carboxylic acids is 1. The van der Waals surface area contributed by atoms with Gasteiger partial charge in [0, 0.05) is 12.5 Å². The maximum atomic E-state index is 10.6. The van der Waals surface area contributed by atoms with Crippen LogP contribution in [0.2, 0.25) is 0 Å². The topological polar surface area (TPSA) is 102 Å². The van der Waals surface area contributed by atoms with Crippen molar-refractivity contribution in [2.75, 3.05) is 6.79 Å². The van der Waals surface area contributed by atoms with Crippen molar-refractivity contribution in [2.45, 2.75) is 12.5 Å². The number of carboxylic acids is 1. The number of hydrogen-bond donors (Lipinski definition) is 3. The quantitative estimate of drug-likeness (QED) is 0.673. The number of carboxylic acid groups (broad SMARTS) is 1. The van der Waals surface area contributed by atoms with Crippen molar-refractivity contribution in [1.29, 1.82) is 0 Å². The lowest BCUT2D eigenvalue weighted by atomic mass is 10.0. The molecule has 86 valence electrons. The van der Waals surface area contributed by atoms with Crippen LogP contribution in [0.25, 0.3) is 0 Å². The molecule has 0 aliphatic carbocycles. The molecule has 2 rings (SSSR count). The lowest BCUT2D eigenvalue weighted by Crippen LogP contribution is -2.32. The molecule has 6 nitrogen and oxygen atoms in total. The van der Waals surface area contributed by atoms with Gasteiger partial charge in [0.15, 0.2) is 11.5 Å². The van der Waals surface area contributed by atoms with Crippen LogP contribution in [0.4, 0.5) is 0 Å². The van der Waals surface area contributed by atoms with Crippen molar-refractivity contribution in [3.8, 4) is 17.2 Å². The SMILES string of the molecule is NC(Cc1cc2c(cc1O)OCO2)C(=O)O. The molecular formula is C10H11NO5. The number of ether oxygens (including phenoxy) is 2. The number of fused-ring (bicyclic) bond motifs is 1. The molecule has 4 N–H and O–H groups in total. The van der Waals surface area contributed by atoms with Crippen LogP contribution in [0.1, 0.15) is 5.56 Å². The molecule has 1 aliphatic heterocycles. The monoisotopic (exact) mass is 225 g/mol. The predicted molar refractivity (Wildman–Crippen MR) is 53.5 cm³/mol. The van der Waals surface area contributed by atoms with Gasteiger partial charge >= 0.3 is 5.97 Å². The van der Waals surface area contributed by atoms with E-state index >= 15 is 0 Å². The summed E-state index contributed by atoms with van der Waals surface area (Å²) in [4.78, 5) is 10.6. The lowest BCUT2D eigenvalue weighted by Gasteiger charge is -2.09. The normalized spacial score (nSPS) is 14.8. The molecule has 16 heavy (non-hydrogen) atoms. The minimum Gasteiger partial charge on any atom is -0.508 e. The minimum atomic E-state index is -1.11. The highest BCUT2D eigenvalue weighted by molar-refractivity contribution is 5.73. The molecule has 1 heterocycles. The van der Waals surface area contributed by atoms with E-state index in [1.807, 2.05) is 0 Å². The molecule has 6 heteroatoms. The first-order valence-corrected chi connectivity index (χ1v) is 4.68. The van der Waals surface area contributed by atoms with Crippen LogP contribution in [0.3, 0.4) is 0 Å². The van der Waals surface area contributed by atoms with Crippen LogP contribution >= 0.6 is 0 Å². The van der Waals surface area contributed by atoms with Crippen molar-refractivity contribution in [2.24, 2.45) is 5.73 Å². The summed E-state index contributed by atoms with van der Waals surface area (Å²) < 4.78 is 10.2. The van der Waals surface area contributed by atoms with E-state index in [1.54, 1.807) is 6.07 Å². The van der Waals surface area contributed by atoms with Crippen molar-refractivity contribution >= 4 is 5.97 Å². The molecule has 0 saturated carbocycles. The molecule has 0 saturated heterocycles. The Labute approximate surface area is 91.2 Å². The predicted octanol–water partition coefficient (Wildman–Crippen LogP) is 0.0753. The molecule has 1 atom stereocenters. The van der Waals surface area contributed by atoms with Gasteiger partial charge in [-0.15, -0.1) is 0 Å². The first-order valence-electron chi connectivity index (χ1n) is 4.68. The second-order valence-corrected chi connectivity index (χ2v) is 3.48. The van der Waals surface area contributed by atoms with E-state index in [0.717, 1.165) is 0 Å². The zero-order chi connectivity index (χ0) is 11.7. The van der Waals surface area contributed by atoms with Gasteiger partial charge < -0.3 is 25.4 Å². The van der Waals surface area contributed by atoms with E-state index in [9.17, 15) is 9.90 Å². The van der Waals surface area contributed by atoms with Crippen LogP contribution in [-0.4, -0.2) is 29.0 Å². The first-order chi connectivity index (χ1) is 7.58. The molecule has 0 fully saturated rings. The number of phenolic OH excluding ortho intramolecular Hbond substituents is 1. The second-order valence-electron chi connectivity index (χ2n) is 3.48. The van der Waals surface area contributed by atoms with Crippen LogP contribution < -0.4 is 15.2 Å². The molecule has 1 unspecified atom stereocenters. The summed E-state index contributed by atoms with van der Waals surface area (Å²) in [5, 5.41) is 18.3. The fourth-order valence-corrected chi connectivity index (χ4v) is 1.46. The maximum Gasteiger partial charge on any atom is 0.320 e. The van der Waals surface area contributed by atoms with Crippen LogP contribution in [-0.2, 0) is 11.2 Å². The van der Waals surface area contributed by atoms with Gasteiger partial charge in [-0.3, -0.25) is 4.79 Å². The van der Waals surface area contributed by atoms with Gasteiger partial charge in [0.2, 0.25) is 6.79 Å². The van der Waals surface area contributed by atoms with E-state index in [2.05, 4.69) is 0 Å². The van der Waals surface area contributed by atoms with Gasteiger partial charge in [-0.2, -0.15) is 0 Å². The molecule has 0 spiro atoms. The molecule has 0 bridgehead atoms. The maximum absolute atomic E-state index is 10.6. The molecular weight excluding hydrogens is 214 g/mol. The minimum absolute atomic E-state index is 0.0395. The highest BCUT2D eigenvalue weighted by atomic mass is 16.7. The van der Waals surface area contributed by atoms with E-state index in [1.165, 1.54) is 6.07 Å². The van der Waals surface area contributed by atoms with E-state index in [0.29, 0.717) is 17.1 Å². The average molecular weight is 225 g/mol. The van der Waals surface area contributed by atoms with Crippen LogP contribution in [0.15, 0.2) is 12.1 Å². The largest absolute Gasteiger partial charge is 0.508 e. The number of rotatable bonds is 3. The Balaban J connectivity index is 2.25. The van der Waals surface area contributed by atoms with Gasteiger partial charge in [0.25, 0.3) is 0 Å². The summed E-state index contributed by atoms with van der Waals surface area (Å²) in [5.74, 6) is -0.214. The summed E-state index contributed by atoms with van der Waals surface area (Å²) in [6.45, 7) is 0.100. The third-order valence-electron chi connectivity index (χ3n) is 2.33. The molecule has 1 aromatic carbocycles. The summed E-state index contributed by atoms with van der Waals surface area (Å²) in [5.41, 5.74) is 5.81. The fraction of sp³-hybridized carbons (Fsp3) is 0.300. The Morgan fingerprint density at radius 1 is 1.44 bits per heavy atom. The fourth-order valence-electron chi connectivity index (χ4n) is 1.46. The van der Waals surface area contributed by atoms with Gasteiger partial charge in [-0.05, 0) is 11.6 Å². The average Bonchev–Trinajstić information content (AvgIpc) is 2.65. The Bertz CT molecular complexity index is 431. The number of phenols is 1. The van der Waals surface area contributed by atoms with Gasteiger partial charge in [0.1, 0.15) is 11.8 Å². The van der Waals surface area contributed by atoms with Crippen molar-refractivity contribution in [1.82, 2.24) is 0 Å². The van der Waals surface area contributed by atoms with E-state index < -0.39 is 12.0 Å². The van der Waals surface area contributed by atoms with Crippen LogP contribution in [0, 0.1) is 0 Å². The summed E-state index contributed by atoms with van der Waals surface area (Å²) in [7, 11) is 0. The lowest BCUT2D eigenvalue weighted by molar-refractivity contribution is -0.138. The smallest absolute Gasteiger partial charge is 0.320 e. The molecule has 0 aromatic heterocycles. The standard InChI is InChI=1S/C10H11NO5/c11-6(10(13)14)1-5-2-8-9(3-7(5)12)16-4-15-8/h2-3,6,12H,1,4,11H2,(H,13,14). The number of benzene rings is 1. The zero-order valence-corrected chi connectivity index (χ0v) is 8.34. The van der Waals surface area contributed by atoms with E-state index in [4.69, 9.17) is 20.3 Å². The molecule has 0 amide bonds. The van der Waals surface area contributed by atoms with Gasteiger partial charge in [-0.25, -0.2) is 0 Å². The molecule has 1 aliphatic rings.